The summed E-state index contributed by atoms with van der Waals surface area (Å²) in [4.78, 5) is 23.5. The highest BCUT2D eigenvalue weighted by atomic mass is 16.2. The Labute approximate surface area is 103 Å². The van der Waals surface area contributed by atoms with Crippen molar-refractivity contribution in [1.82, 2.24) is 10.7 Å². The molecule has 0 aromatic heterocycles. The first-order chi connectivity index (χ1) is 7.92. The quantitative estimate of drug-likeness (QED) is 0.310. The van der Waals surface area contributed by atoms with Gasteiger partial charge in [0.05, 0.1) is 18.5 Å². The largest absolute Gasteiger partial charge is 0.308 e. The SMILES string of the molecule is CCN[C@@H](C)C(=O)CC(=O)[C@H](CC(C)C)NN. The van der Waals surface area contributed by atoms with Crippen LogP contribution in [0.4, 0.5) is 0 Å². The number of hydrazine groups is 1. The molecule has 0 unspecified atom stereocenters. The lowest BCUT2D eigenvalue weighted by Crippen LogP contribution is -2.44. The molecule has 0 saturated carbocycles. The monoisotopic (exact) mass is 243 g/mol. The minimum absolute atomic E-state index is 0.0598. The van der Waals surface area contributed by atoms with E-state index in [-0.39, 0.29) is 24.0 Å². The third-order valence-corrected chi connectivity index (χ3v) is 2.64. The normalized spacial score (nSPS) is 14.7. The average molecular weight is 243 g/mol. The summed E-state index contributed by atoms with van der Waals surface area (Å²) in [7, 11) is 0. The maximum Gasteiger partial charge on any atom is 0.158 e. The fraction of sp³-hybridized carbons (Fsp3) is 0.833. The van der Waals surface area contributed by atoms with Crippen molar-refractivity contribution in [2.75, 3.05) is 6.54 Å². The molecule has 0 saturated heterocycles. The zero-order valence-electron chi connectivity index (χ0n) is 11.2. The summed E-state index contributed by atoms with van der Waals surface area (Å²) < 4.78 is 0. The predicted octanol–water partition coefficient (Wildman–Crippen LogP) is 0.391. The third kappa shape index (κ3) is 6.51. The second-order valence-electron chi connectivity index (χ2n) is 4.74. The van der Waals surface area contributed by atoms with Crippen LogP contribution in [0.3, 0.4) is 0 Å². The van der Waals surface area contributed by atoms with Gasteiger partial charge in [0.25, 0.3) is 0 Å². The third-order valence-electron chi connectivity index (χ3n) is 2.64. The molecule has 0 aromatic carbocycles. The topological polar surface area (TPSA) is 84.2 Å². The van der Waals surface area contributed by atoms with Crippen LogP contribution in [-0.4, -0.2) is 30.2 Å². The van der Waals surface area contributed by atoms with Crippen LogP contribution < -0.4 is 16.6 Å². The van der Waals surface area contributed by atoms with Crippen LogP contribution in [0.25, 0.3) is 0 Å². The number of hydrogen-bond acceptors (Lipinski definition) is 5. The molecular formula is C12H25N3O2. The first-order valence-electron chi connectivity index (χ1n) is 6.17. The van der Waals surface area contributed by atoms with Gasteiger partial charge in [0.15, 0.2) is 11.6 Å². The van der Waals surface area contributed by atoms with Gasteiger partial charge in [-0.1, -0.05) is 20.8 Å². The molecular weight excluding hydrogens is 218 g/mol. The molecule has 0 radical (unpaired) electrons. The van der Waals surface area contributed by atoms with Gasteiger partial charge in [-0.2, -0.15) is 0 Å². The van der Waals surface area contributed by atoms with Gasteiger partial charge in [-0.15, -0.1) is 0 Å². The fourth-order valence-corrected chi connectivity index (χ4v) is 1.63. The molecule has 0 fully saturated rings. The van der Waals surface area contributed by atoms with Crippen molar-refractivity contribution in [1.29, 1.82) is 0 Å². The lowest BCUT2D eigenvalue weighted by atomic mass is 9.96. The Morgan fingerprint density at radius 1 is 1.18 bits per heavy atom. The molecule has 0 aliphatic rings. The molecule has 0 bridgehead atoms. The molecule has 4 N–H and O–H groups in total. The number of likely N-dealkylation sites (N-methyl/N-ethyl adjacent to an activating group) is 1. The van der Waals surface area contributed by atoms with E-state index in [0.717, 1.165) is 0 Å². The van der Waals surface area contributed by atoms with Crippen molar-refractivity contribution >= 4 is 11.6 Å². The highest BCUT2D eigenvalue weighted by Crippen LogP contribution is 2.07. The predicted molar refractivity (Wildman–Crippen MR) is 68.3 cm³/mol. The fourth-order valence-electron chi connectivity index (χ4n) is 1.63. The average Bonchev–Trinajstić information content (AvgIpc) is 2.25. The van der Waals surface area contributed by atoms with Crippen molar-refractivity contribution in [3.8, 4) is 0 Å². The maximum absolute atomic E-state index is 11.8. The minimum atomic E-state index is -0.423. The summed E-state index contributed by atoms with van der Waals surface area (Å²) in [6.45, 7) is 8.44. The molecule has 0 rings (SSSR count). The van der Waals surface area contributed by atoms with Crippen LogP contribution in [0.2, 0.25) is 0 Å². The summed E-state index contributed by atoms with van der Waals surface area (Å²) in [6.07, 6.45) is 0.591. The van der Waals surface area contributed by atoms with Crippen LogP contribution in [-0.2, 0) is 9.59 Å². The molecule has 100 valence electrons. The van der Waals surface area contributed by atoms with E-state index in [1.807, 2.05) is 20.8 Å². The van der Waals surface area contributed by atoms with Gasteiger partial charge in [-0.05, 0) is 25.8 Å². The highest BCUT2D eigenvalue weighted by molar-refractivity contribution is 6.03. The summed E-state index contributed by atoms with van der Waals surface area (Å²) in [5.41, 5.74) is 2.49. The summed E-state index contributed by atoms with van der Waals surface area (Å²) >= 11 is 0. The standard InChI is InChI=1S/C12H25N3O2/c1-5-14-9(4)11(16)7-12(17)10(15-13)6-8(2)3/h8-10,14-15H,5-7,13H2,1-4H3/t9-,10-/m0/s1. The first kappa shape index (κ1) is 16.2. The zero-order valence-corrected chi connectivity index (χ0v) is 11.2. The van der Waals surface area contributed by atoms with Gasteiger partial charge in [-0.25, -0.2) is 5.43 Å². The number of nitrogens with two attached hydrogens (primary N) is 1. The lowest BCUT2D eigenvalue weighted by Gasteiger charge is -2.17. The Hall–Kier alpha value is -0.780. The second kappa shape index (κ2) is 8.33. The Balaban J connectivity index is 4.26. The molecule has 2 atom stereocenters. The zero-order chi connectivity index (χ0) is 13.4. The van der Waals surface area contributed by atoms with Crippen LogP contribution >= 0.6 is 0 Å². The second-order valence-corrected chi connectivity index (χ2v) is 4.74. The van der Waals surface area contributed by atoms with Gasteiger partial charge in [0.1, 0.15) is 0 Å². The van der Waals surface area contributed by atoms with E-state index < -0.39 is 6.04 Å². The van der Waals surface area contributed by atoms with Gasteiger partial charge in [0, 0.05) is 0 Å². The number of carbonyl (C=O) groups is 2. The van der Waals surface area contributed by atoms with Gasteiger partial charge in [-0.3, -0.25) is 15.4 Å². The highest BCUT2D eigenvalue weighted by Gasteiger charge is 2.22. The molecule has 0 amide bonds. The van der Waals surface area contributed by atoms with Crippen LogP contribution in [0, 0.1) is 5.92 Å². The Morgan fingerprint density at radius 3 is 2.18 bits per heavy atom. The van der Waals surface area contributed by atoms with Crippen LogP contribution in [0.15, 0.2) is 0 Å². The summed E-state index contributed by atoms with van der Waals surface area (Å²) in [5.74, 6) is 5.49. The van der Waals surface area contributed by atoms with E-state index in [9.17, 15) is 9.59 Å². The van der Waals surface area contributed by atoms with E-state index in [4.69, 9.17) is 5.84 Å². The molecule has 0 aromatic rings. The molecule has 0 spiro atoms. The van der Waals surface area contributed by atoms with Crippen molar-refractivity contribution in [3.63, 3.8) is 0 Å². The number of ketones is 2. The van der Waals surface area contributed by atoms with E-state index in [0.29, 0.717) is 18.9 Å². The van der Waals surface area contributed by atoms with Crippen LogP contribution in [0.1, 0.15) is 40.5 Å². The summed E-state index contributed by atoms with van der Waals surface area (Å²) in [6, 6.07) is -0.700. The molecule has 17 heavy (non-hydrogen) atoms. The molecule has 5 heteroatoms. The van der Waals surface area contributed by atoms with Gasteiger partial charge < -0.3 is 5.32 Å². The van der Waals surface area contributed by atoms with E-state index in [1.54, 1.807) is 6.92 Å². The molecule has 0 aliphatic carbocycles. The van der Waals surface area contributed by atoms with Crippen molar-refractivity contribution in [2.24, 2.45) is 11.8 Å². The van der Waals surface area contributed by atoms with Crippen molar-refractivity contribution < 1.29 is 9.59 Å². The van der Waals surface area contributed by atoms with E-state index in [2.05, 4.69) is 10.7 Å². The molecule has 5 nitrogen and oxygen atoms in total. The van der Waals surface area contributed by atoms with Crippen LogP contribution in [0.5, 0.6) is 0 Å². The van der Waals surface area contributed by atoms with Gasteiger partial charge in [0.2, 0.25) is 0 Å². The molecule has 0 heterocycles. The number of Topliss-reactive ketones (excluding diaryl/α,β-unsaturated/α-hetero) is 2. The smallest absolute Gasteiger partial charge is 0.158 e. The number of rotatable bonds is 9. The van der Waals surface area contributed by atoms with Gasteiger partial charge >= 0.3 is 0 Å². The lowest BCUT2D eigenvalue weighted by molar-refractivity contribution is -0.129. The number of hydrogen-bond donors (Lipinski definition) is 3. The Kier molecular flexibility index (Phi) is 7.95. The summed E-state index contributed by atoms with van der Waals surface area (Å²) in [5, 5.41) is 2.99. The Morgan fingerprint density at radius 2 is 1.76 bits per heavy atom. The van der Waals surface area contributed by atoms with E-state index in [1.165, 1.54) is 0 Å². The van der Waals surface area contributed by atoms with Crippen molar-refractivity contribution in [2.45, 2.75) is 52.6 Å². The molecule has 0 aliphatic heterocycles. The number of nitrogens with one attached hydrogen (secondary N) is 2. The van der Waals surface area contributed by atoms with Crippen molar-refractivity contribution in [3.05, 3.63) is 0 Å². The van der Waals surface area contributed by atoms with E-state index >= 15 is 0 Å². The minimum Gasteiger partial charge on any atom is -0.308 e. The maximum atomic E-state index is 11.8. The Bertz CT molecular complexity index is 254. The number of carbonyl (C=O) groups excluding carboxylic acids is 2. The first-order valence-corrected chi connectivity index (χ1v) is 6.17.